The van der Waals surface area contributed by atoms with Crippen LogP contribution in [0.25, 0.3) is 10.9 Å². The largest absolute Gasteiger partial charge is 0.506 e. The number of fused-ring (bicyclic) bond motifs is 1. The summed E-state index contributed by atoms with van der Waals surface area (Å²) < 4.78 is 2.44. The van der Waals surface area contributed by atoms with E-state index in [2.05, 4.69) is 33.2 Å². The first-order valence-electron chi connectivity index (χ1n) is 9.83. The molecule has 0 spiro atoms. The summed E-state index contributed by atoms with van der Waals surface area (Å²) in [5.74, 6) is -1.08. The minimum atomic E-state index is -0.740. The van der Waals surface area contributed by atoms with Gasteiger partial charge < -0.3 is 9.67 Å². The smallest absolute Gasteiger partial charge is 0.293 e. The Kier molecular flexibility index (Phi) is 7.35. The monoisotopic (exact) mass is 470 g/mol. The molecule has 3 aromatic rings. The van der Waals surface area contributed by atoms with Crippen LogP contribution in [0.1, 0.15) is 48.5 Å². The van der Waals surface area contributed by atoms with Gasteiger partial charge in [0.15, 0.2) is 0 Å². The van der Waals surface area contributed by atoms with Crippen LogP contribution in [-0.2, 0) is 6.54 Å². The lowest BCUT2D eigenvalue weighted by Gasteiger charge is -2.16. The summed E-state index contributed by atoms with van der Waals surface area (Å²) in [6, 6.07) is 10.5. The summed E-state index contributed by atoms with van der Waals surface area (Å²) in [4.78, 5) is 30.0. The predicted molar refractivity (Wildman–Crippen MR) is 121 cm³/mol. The Morgan fingerprint density at radius 3 is 2.67 bits per heavy atom. The second kappa shape index (κ2) is 10.2. The highest BCUT2D eigenvalue weighted by atomic mass is 79.9. The van der Waals surface area contributed by atoms with Gasteiger partial charge in [0, 0.05) is 24.3 Å². The Labute approximate surface area is 183 Å². The number of amides is 1. The van der Waals surface area contributed by atoms with E-state index in [1.165, 1.54) is 6.21 Å². The fraction of sp³-hybridized carbons (Fsp3) is 0.273. The number of aromatic nitrogens is 2. The van der Waals surface area contributed by atoms with Crippen molar-refractivity contribution in [2.75, 3.05) is 0 Å². The molecule has 0 saturated heterocycles. The fourth-order valence-corrected chi connectivity index (χ4v) is 3.48. The summed E-state index contributed by atoms with van der Waals surface area (Å²) in [6.45, 7) is 2.60. The van der Waals surface area contributed by atoms with Crippen LogP contribution in [0.4, 0.5) is 0 Å². The van der Waals surface area contributed by atoms with Gasteiger partial charge in [0.25, 0.3) is 11.5 Å². The van der Waals surface area contributed by atoms with Crippen molar-refractivity contribution >= 4 is 39.2 Å². The van der Waals surface area contributed by atoms with E-state index in [1.807, 2.05) is 0 Å². The third-order valence-electron chi connectivity index (χ3n) is 4.78. The highest BCUT2D eigenvalue weighted by Gasteiger charge is 2.25. The maximum atomic E-state index is 13.2. The molecule has 0 aliphatic carbocycles. The summed E-state index contributed by atoms with van der Waals surface area (Å²) in [7, 11) is 0. The normalized spacial score (nSPS) is 11.3. The van der Waals surface area contributed by atoms with E-state index in [4.69, 9.17) is 0 Å². The number of rotatable bonds is 8. The van der Waals surface area contributed by atoms with Crippen LogP contribution in [0.2, 0.25) is 0 Å². The quantitative estimate of drug-likeness (QED) is 0.227. The molecule has 30 heavy (non-hydrogen) atoms. The zero-order chi connectivity index (χ0) is 21.5. The Bertz CT molecular complexity index is 1110. The molecular weight excluding hydrogens is 448 g/mol. The number of carbonyl (C=O) groups is 1. The Hall–Kier alpha value is -3.00. The van der Waals surface area contributed by atoms with Crippen LogP contribution in [0, 0.1) is 0 Å². The molecule has 7 nitrogen and oxygen atoms in total. The third kappa shape index (κ3) is 4.76. The number of aryl methyl sites for hydroxylation is 1. The van der Waals surface area contributed by atoms with Gasteiger partial charge in [0.2, 0.25) is 0 Å². The molecule has 3 rings (SSSR count). The van der Waals surface area contributed by atoms with Gasteiger partial charge in [0.1, 0.15) is 11.3 Å². The van der Waals surface area contributed by atoms with Crippen molar-refractivity contribution < 1.29 is 9.90 Å². The zero-order valence-corrected chi connectivity index (χ0v) is 18.2. The van der Waals surface area contributed by atoms with Gasteiger partial charge in [-0.25, -0.2) is 0 Å². The topological polar surface area (TPSA) is 87.8 Å². The van der Waals surface area contributed by atoms with Gasteiger partial charge in [0.05, 0.1) is 27.9 Å². The summed E-state index contributed by atoms with van der Waals surface area (Å²) in [5, 5.41) is 15.2. The lowest BCUT2D eigenvalue weighted by atomic mass is 10.1. The van der Waals surface area contributed by atoms with Gasteiger partial charge in [-0.3, -0.25) is 14.6 Å². The minimum Gasteiger partial charge on any atom is -0.506 e. The van der Waals surface area contributed by atoms with Gasteiger partial charge in [-0.2, -0.15) is 9.14 Å². The molecule has 8 heteroatoms. The molecule has 2 aromatic heterocycles. The molecule has 0 radical (unpaired) electrons. The molecule has 0 unspecified atom stereocenters. The summed E-state index contributed by atoms with van der Waals surface area (Å²) in [5.41, 5.74) is 0.497. The second-order valence-electron chi connectivity index (χ2n) is 6.85. The van der Waals surface area contributed by atoms with E-state index in [0.717, 1.165) is 35.3 Å². The second-order valence-corrected chi connectivity index (χ2v) is 7.52. The molecule has 0 aliphatic heterocycles. The molecule has 0 aliphatic rings. The highest BCUT2D eigenvalue weighted by Crippen LogP contribution is 2.28. The van der Waals surface area contributed by atoms with Crippen LogP contribution >= 0.6 is 16.1 Å². The SMILES string of the molecule is CCCCCCn1c(=O)c(C(=O)N(Br)N=Cc2ccncc2)c(O)c2ccccc21. The number of para-hydroxylation sites is 1. The van der Waals surface area contributed by atoms with Crippen molar-refractivity contribution in [2.24, 2.45) is 5.10 Å². The first-order valence-corrected chi connectivity index (χ1v) is 10.5. The lowest BCUT2D eigenvalue weighted by molar-refractivity contribution is 0.0877. The average molecular weight is 471 g/mol. The maximum absolute atomic E-state index is 13.2. The van der Waals surface area contributed by atoms with E-state index < -0.39 is 11.5 Å². The number of hydrazone groups is 1. The van der Waals surface area contributed by atoms with Gasteiger partial charge >= 0.3 is 0 Å². The van der Waals surface area contributed by atoms with Gasteiger partial charge in [-0.05, 0) is 36.2 Å². The Balaban J connectivity index is 1.99. The molecule has 1 amide bonds. The minimum absolute atomic E-state index is 0.312. The van der Waals surface area contributed by atoms with Crippen LogP contribution in [0.15, 0.2) is 58.7 Å². The number of unbranched alkanes of at least 4 members (excludes halogenated alkanes) is 3. The van der Waals surface area contributed by atoms with E-state index >= 15 is 0 Å². The average Bonchev–Trinajstić information content (AvgIpc) is 2.77. The predicted octanol–water partition coefficient (Wildman–Crippen LogP) is 4.47. The van der Waals surface area contributed by atoms with Crippen LogP contribution in [0.5, 0.6) is 5.75 Å². The molecule has 0 fully saturated rings. The summed E-state index contributed by atoms with van der Waals surface area (Å²) in [6.07, 6.45) is 8.63. The molecule has 156 valence electrons. The van der Waals surface area contributed by atoms with Crippen molar-refractivity contribution in [3.8, 4) is 5.75 Å². The number of halogens is 1. The van der Waals surface area contributed by atoms with Gasteiger partial charge in [-0.1, -0.05) is 38.3 Å². The van der Waals surface area contributed by atoms with E-state index in [1.54, 1.807) is 53.4 Å². The van der Waals surface area contributed by atoms with Crippen molar-refractivity contribution in [3.63, 3.8) is 0 Å². The number of hydrogen-bond donors (Lipinski definition) is 1. The standard InChI is InChI=1S/C22H23BrN4O3/c1-2-3-4-7-14-26-18-9-6-5-8-17(18)20(28)19(21(26)29)22(30)27(23)25-15-16-10-12-24-13-11-16/h5-6,8-13,15,28H,2-4,7,14H2,1H3. The highest BCUT2D eigenvalue weighted by molar-refractivity contribution is 9.07. The Morgan fingerprint density at radius 1 is 1.20 bits per heavy atom. The number of aromatic hydroxyl groups is 1. The zero-order valence-electron chi connectivity index (χ0n) is 16.7. The van der Waals surface area contributed by atoms with Crippen molar-refractivity contribution in [2.45, 2.75) is 39.2 Å². The van der Waals surface area contributed by atoms with Crippen molar-refractivity contribution in [1.82, 2.24) is 13.6 Å². The molecule has 1 N–H and O–H groups in total. The first kappa shape index (κ1) is 21.7. The number of carbonyl (C=O) groups excluding carboxylic acids is 1. The first-order chi connectivity index (χ1) is 14.5. The lowest BCUT2D eigenvalue weighted by Crippen LogP contribution is -2.31. The van der Waals surface area contributed by atoms with Crippen molar-refractivity contribution in [3.05, 3.63) is 70.3 Å². The van der Waals surface area contributed by atoms with E-state index in [-0.39, 0.29) is 11.3 Å². The number of pyridine rings is 2. The third-order valence-corrected chi connectivity index (χ3v) is 5.28. The maximum Gasteiger partial charge on any atom is 0.293 e. The number of hydrogen-bond acceptors (Lipinski definition) is 5. The molecule has 2 heterocycles. The molecule has 0 atom stereocenters. The molecular formula is C22H23BrN4O3. The molecule has 1 aromatic carbocycles. The van der Waals surface area contributed by atoms with Crippen LogP contribution in [-0.4, -0.2) is 30.8 Å². The number of nitrogens with zero attached hydrogens (tertiary/aromatic N) is 4. The number of benzene rings is 1. The van der Waals surface area contributed by atoms with E-state index in [9.17, 15) is 14.7 Å². The molecule has 0 bridgehead atoms. The van der Waals surface area contributed by atoms with Crippen LogP contribution < -0.4 is 5.56 Å². The molecule has 0 saturated carbocycles. The van der Waals surface area contributed by atoms with Crippen molar-refractivity contribution in [1.29, 1.82) is 0 Å². The Morgan fingerprint density at radius 2 is 1.93 bits per heavy atom. The van der Waals surface area contributed by atoms with Crippen LogP contribution in [0.3, 0.4) is 0 Å². The van der Waals surface area contributed by atoms with E-state index in [0.29, 0.717) is 17.4 Å². The summed E-state index contributed by atoms with van der Waals surface area (Å²) >= 11 is 3.08. The fourth-order valence-electron chi connectivity index (χ4n) is 3.21. The van der Waals surface area contributed by atoms with Gasteiger partial charge in [-0.15, -0.1) is 0 Å².